The molecule has 0 amide bonds. The molecular weight excluding hydrogens is 148 g/mol. The predicted molar refractivity (Wildman–Crippen MR) is 52.0 cm³/mol. The molecule has 0 N–H and O–H groups in total. The van der Waals surface area contributed by atoms with Crippen molar-refractivity contribution in [3.8, 4) is 0 Å². The van der Waals surface area contributed by atoms with Crippen LogP contribution in [-0.4, -0.2) is 7.11 Å². The quantitative estimate of drug-likeness (QED) is 0.586. The lowest BCUT2D eigenvalue weighted by atomic mass is 9.84. The van der Waals surface area contributed by atoms with E-state index in [9.17, 15) is 0 Å². The summed E-state index contributed by atoms with van der Waals surface area (Å²) in [5, 5.41) is 0. The maximum absolute atomic E-state index is 5.01. The van der Waals surface area contributed by atoms with E-state index in [1.165, 1.54) is 44.1 Å². The van der Waals surface area contributed by atoms with E-state index < -0.39 is 0 Å². The number of rotatable bonds is 3. The minimum absolute atomic E-state index is 0.990. The molecule has 70 valence electrons. The van der Waals surface area contributed by atoms with Gasteiger partial charge in [0.15, 0.2) is 0 Å². The van der Waals surface area contributed by atoms with Crippen LogP contribution >= 0.6 is 0 Å². The molecule has 0 aromatic heterocycles. The van der Waals surface area contributed by atoms with Gasteiger partial charge in [-0.3, -0.25) is 0 Å². The summed E-state index contributed by atoms with van der Waals surface area (Å²) in [5.41, 5.74) is 1.50. The number of ether oxygens (including phenoxy) is 1. The van der Waals surface area contributed by atoms with Crippen LogP contribution in [-0.2, 0) is 4.74 Å². The maximum Gasteiger partial charge on any atom is 0.0816 e. The molecule has 1 nitrogen and oxygen atoms in total. The fourth-order valence-corrected chi connectivity index (χ4v) is 2.03. The van der Waals surface area contributed by atoms with Gasteiger partial charge in [0, 0.05) is 0 Å². The van der Waals surface area contributed by atoms with Gasteiger partial charge in [-0.2, -0.15) is 0 Å². The second-order valence-corrected chi connectivity index (χ2v) is 3.74. The number of methoxy groups -OCH3 is 1. The Labute approximate surface area is 75.8 Å². The van der Waals surface area contributed by atoms with Crippen LogP contribution in [0.3, 0.4) is 0 Å². The van der Waals surface area contributed by atoms with Gasteiger partial charge in [-0.15, -0.1) is 0 Å². The van der Waals surface area contributed by atoms with E-state index in [1.807, 2.05) is 6.26 Å². The Balaban J connectivity index is 2.24. The first-order valence-electron chi connectivity index (χ1n) is 5.07. The van der Waals surface area contributed by atoms with Crippen LogP contribution in [0, 0.1) is 5.92 Å². The Bertz CT molecular complexity index is 139. The average molecular weight is 168 g/mol. The Morgan fingerprint density at radius 1 is 1.42 bits per heavy atom. The van der Waals surface area contributed by atoms with Crippen molar-refractivity contribution in [1.82, 2.24) is 0 Å². The summed E-state index contributed by atoms with van der Waals surface area (Å²) in [6, 6.07) is 0. The lowest BCUT2D eigenvalue weighted by Crippen LogP contribution is -2.07. The number of hydrogen-bond donors (Lipinski definition) is 0. The van der Waals surface area contributed by atoms with Crippen LogP contribution in [0.4, 0.5) is 0 Å². The van der Waals surface area contributed by atoms with E-state index in [2.05, 4.69) is 6.92 Å². The lowest BCUT2D eigenvalue weighted by molar-refractivity contribution is 0.316. The predicted octanol–water partition coefficient (Wildman–Crippen LogP) is 3.51. The van der Waals surface area contributed by atoms with E-state index >= 15 is 0 Å². The van der Waals surface area contributed by atoms with Gasteiger partial charge < -0.3 is 4.74 Å². The first-order valence-corrected chi connectivity index (χ1v) is 5.07. The highest BCUT2D eigenvalue weighted by Crippen LogP contribution is 2.30. The summed E-state index contributed by atoms with van der Waals surface area (Å²) in [6.07, 6.45) is 9.97. The molecule has 1 heteroatoms. The highest BCUT2D eigenvalue weighted by Gasteiger charge is 2.15. The van der Waals surface area contributed by atoms with Crippen molar-refractivity contribution in [2.45, 2.75) is 45.4 Å². The molecule has 0 aromatic rings. The smallest absolute Gasteiger partial charge is 0.0816 e. The fraction of sp³-hybridized carbons (Fsp3) is 0.818. The van der Waals surface area contributed by atoms with Crippen LogP contribution in [0.5, 0.6) is 0 Å². The summed E-state index contributed by atoms with van der Waals surface area (Å²) in [5.74, 6) is 0.990. The second-order valence-electron chi connectivity index (χ2n) is 3.74. The van der Waals surface area contributed by atoms with Crippen LogP contribution in [0.2, 0.25) is 0 Å². The van der Waals surface area contributed by atoms with E-state index in [1.54, 1.807) is 7.11 Å². The van der Waals surface area contributed by atoms with Gasteiger partial charge in [-0.1, -0.05) is 19.8 Å². The van der Waals surface area contributed by atoms with Crippen molar-refractivity contribution in [2.24, 2.45) is 5.92 Å². The van der Waals surface area contributed by atoms with Crippen molar-refractivity contribution in [3.63, 3.8) is 0 Å². The van der Waals surface area contributed by atoms with E-state index in [0.29, 0.717) is 0 Å². The molecule has 0 aromatic carbocycles. The summed E-state index contributed by atoms with van der Waals surface area (Å²) in [4.78, 5) is 0. The first-order chi connectivity index (χ1) is 5.86. The molecule has 1 rings (SSSR count). The zero-order valence-electron chi connectivity index (χ0n) is 8.31. The zero-order chi connectivity index (χ0) is 8.81. The number of allylic oxidation sites excluding steroid dienone is 1. The van der Waals surface area contributed by atoms with E-state index in [4.69, 9.17) is 4.74 Å². The van der Waals surface area contributed by atoms with Crippen molar-refractivity contribution in [1.29, 1.82) is 0 Å². The third kappa shape index (κ3) is 2.88. The minimum Gasteiger partial charge on any atom is -0.504 e. The average Bonchev–Trinajstić information content (AvgIpc) is 2.09. The van der Waals surface area contributed by atoms with Gasteiger partial charge in [0.25, 0.3) is 0 Å². The fourth-order valence-electron chi connectivity index (χ4n) is 2.03. The second kappa shape index (κ2) is 5.23. The Hall–Kier alpha value is -0.460. The molecular formula is C11H20O. The molecule has 1 aliphatic carbocycles. The molecule has 0 unspecified atom stereocenters. The van der Waals surface area contributed by atoms with E-state index in [0.717, 1.165) is 5.92 Å². The highest BCUT2D eigenvalue weighted by molar-refractivity contribution is 5.01. The largest absolute Gasteiger partial charge is 0.504 e. The Morgan fingerprint density at radius 3 is 2.58 bits per heavy atom. The maximum atomic E-state index is 5.01. The molecule has 1 fully saturated rings. The van der Waals surface area contributed by atoms with Crippen LogP contribution in [0.15, 0.2) is 11.8 Å². The molecule has 0 bridgehead atoms. The third-order valence-electron chi connectivity index (χ3n) is 2.73. The summed E-state index contributed by atoms with van der Waals surface area (Å²) >= 11 is 0. The van der Waals surface area contributed by atoms with Gasteiger partial charge in [-0.25, -0.2) is 0 Å². The van der Waals surface area contributed by atoms with Crippen LogP contribution < -0.4 is 0 Å². The van der Waals surface area contributed by atoms with Gasteiger partial charge in [0.05, 0.1) is 13.4 Å². The summed E-state index contributed by atoms with van der Waals surface area (Å²) in [6.45, 7) is 2.28. The molecule has 0 radical (unpaired) electrons. The SMILES string of the molecule is CCCC1CCC(=COC)CC1. The number of hydrogen-bond acceptors (Lipinski definition) is 1. The normalized spacial score (nSPS) is 23.8. The molecule has 0 saturated heterocycles. The van der Waals surface area contributed by atoms with Crippen molar-refractivity contribution in [3.05, 3.63) is 11.8 Å². The molecule has 0 spiro atoms. The van der Waals surface area contributed by atoms with Crippen molar-refractivity contribution >= 4 is 0 Å². The summed E-state index contributed by atoms with van der Waals surface area (Å²) < 4.78 is 5.01. The van der Waals surface area contributed by atoms with Crippen molar-refractivity contribution in [2.75, 3.05) is 7.11 Å². The van der Waals surface area contributed by atoms with Gasteiger partial charge in [0.1, 0.15) is 0 Å². The molecule has 0 aliphatic heterocycles. The first kappa shape index (κ1) is 9.63. The monoisotopic (exact) mass is 168 g/mol. The zero-order valence-corrected chi connectivity index (χ0v) is 8.31. The van der Waals surface area contributed by atoms with Crippen LogP contribution in [0.1, 0.15) is 45.4 Å². The van der Waals surface area contributed by atoms with E-state index in [-0.39, 0.29) is 0 Å². The van der Waals surface area contributed by atoms with Gasteiger partial charge in [0.2, 0.25) is 0 Å². The Kier molecular flexibility index (Phi) is 4.20. The molecule has 1 saturated carbocycles. The lowest BCUT2D eigenvalue weighted by Gasteiger charge is -2.22. The standard InChI is InChI=1S/C11H20O/c1-3-4-10-5-7-11(8-6-10)9-12-2/h9-10H,3-8H2,1-2H3. The Morgan fingerprint density at radius 2 is 2.08 bits per heavy atom. The molecule has 12 heavy (non-hydrogen) atoms. The molecule has 0 heterocycles. The topological polar surface area (TPSA) is 9.23 Å². The van der Waals surface area contributed by atoms with Crippen LogP contribution in [0.25, 0.3) is 0 Å². The molecule has 1 aliphatic rings. The third-order valence-corrected chi connectivity index (χ3v) is 2.73. The summed E-state index contributed by atoms with van der Waals surface area (Å²) in [7, 11) is 1.74. The highest BCUT2D eigenvalue weighted by atomic mass is 16.5. The molecule has 0 atom stereocenters. The minimum atomic E-state index is 0.990. The van der Waals surface area contributed by atoms with Crippen molar-refractivity contribution < 1.29 is 4.74 Å². The van der Waals surface area contributed by atoms with Gasteiger partial charge in [-0.05, 0) is 37.2 Å². The van der Waals surface area contributed by atoms with Gasteiger partial charge >= 0.3 is 0 Å².